The smallest absolute Gasteiger partial charge is 0.256 e. The first kappa shape index (κ1) is 14.8. The highest BCUT2D eigenvalue weighted by Crippen LogP contribution is 2.26. The molecule has 4 rings (SSSR count). The number of imidazole rings is 1. The number of nitrogens with one attached hydrogen (secondary N) is 1. The van der Waals surface area contributed by atoms with Crippen molar-refractivity contribution in [2.75, 3.05) is 13.1 Å². The Morgan fingerprint density at radius 1 is 1.46 bits per heavy atom. The highest BCUT2D eigenvalue weighted by molar-refractivity contribution is 6.05. The number of aliphatic hydroxyl groups is 1. The zero-order valence-corrected chi connectivity index (χ0v) is 12.8. The molecule has 8 nitrogen and oxygen atoms in total. The first-order valence-corrected chi connectivity index (χ1v) is 7.54. The van der Waals surface area contributed by atoms with Crippen molar-refractivity contribution in [1.82, 2.24) is 29.9 Å². The lowest BCUT2D eigenvalue weighted by Crippen LogP contribution is -2.51. The Labute approximate surface area is 135 Å². The Morgan fingerprint density at radius 3 is 2.96 bits per heavy atom. The van der Waals surface area contributed by atoms with E-state index in [0.29, 0.717) is 29.8 Å². The number of aliphatic hydroxyl groups excluding tert-OH is 1. The van der Waals surface area contributed by atoms with E-state index >= 15 is 0 Å². The summed E-state index contributed by atoms with van der Waals surface area (Å²) < 4.78 is 15.3. The molecule has 0 aliphatic carbocycles. The van der Waals surface area contributed by atoms with Crippen LogP contribution in [0, 0.1) is 5.82 Å². The van der Waals surface area contributed by atoms with Crippen molar-refractivity contribution in [3.63, 3.8) is 0 Å². The number of benzene rings is 1. The van der Waals surface area contributed by atoms with E-state index in [1.807, 2.05) is 0 Å². The molecular formula is C15H15FN6O2. The van der Waals surface area contributed by atoms with E-state index in [2.05, 4.69) is 20.3 Å². The predicted octanol–water partition coefficient (Wildman–Crippen LogP) is 1.04. The van der Waals surface area contributed by atoms with Gasteiger partial charge in [-0.3, -0.25) is 4.79 Å². The van der Waals surface area contributed by atoms with Gasteiger partial charge in [0.05, 0.1) is 35.8 Å². The number of nitrogens with zero attached hydrogens (tertiary/aromatic N) is 5. The number of aromatic nitrogens is 5. The third kappa shape index (κ3) is 2.33. The van der Waals surface area contributed by atoms with Crippen LogP contribution in [0.4, 0.5) is 4.39 Å². The number of carbonyl (C=O) groups is 1. The van der Waals surface area contributed by atoms with Gasteiger partial charge in [-0.1, -0.05) is 5.21 Å². The number of amides is 1. The average molecular weight is 330 g/mol. The van der Waals surface area contributed by atoms with Gasteiger partial charge in [0.1, 0.15) is 17.0 Å². The van der Waals surface area contributed by atoms with Gasteiger partial charge in [0.15, 0.2) is 0 Å². The van der Waals surface area contributed by atoms with Gasteiger partial charge in [0, 0.05) is 13.1 Å². The number of aromatic amines is 1. The molecule has 0 bridgehead atoms. The van der Waals surface area contributed by atoms with Crippen molar-refractivity contribution >= 4 is 16.9 Å². The molecule has 9 heteroatoms. The number of halogens is 1. The molecule has 1 aliphatic heterocycles. The molecular weight excluding hydrogens is 315 g/mol. The summed E-state index contributed by atoms with van der Waals surface area (Å²) in [5.41, 5.74) is 1.69. The molecule has 1 atom stereocenters. The quantitative estimate of drug-likeness (QED) is 0.747. The van der Waals surface area contributed by atoms with Crippen LogP contribution in [0.15, 0.2) is 24.7 Å². The van der Waals surface area contributed by atoms with E-state index in [9.17, 15) is 14.3 Å². The zero-order chi connectivity index (χ0) is 16.8. The van der Waals surface area contributed by atoms with Crippen molar-refractivity contribution in [3.05, 3.63) is 41.7 Å². The normalized spacial score (nSPS) is 16.4. The molecule has 1 aromatic carbocycles. The molecule has 2 N–H and O–H groups in total. The maximum absolute atomic E-state index is 13.7. The van der Waals surface area contributed by atoms with Crippen LogP contribution >= 0.6 is 0 Å². The number of likely N-dealkylation sites (tertiary alicyclic amines) is 1. The Hall–Kier alpha value is -2.81. The van der Waals surface area contributed by atoms with Crippen LogP contribution < -0.4 is 0 Å². The van der Waals surface area contributed by atoms with E-state index in [-0.39, 0.29) is 17.5 Å². The Balaban J connectivity index is 1.51. The molecule has 24 heavy (non-hydrogen) atoms. The Morgan fingerprint density at radius 2 is 2.25 bits per heavy atom. The summed E-state index contributed by atoms with van der Waals surface area (Å²) in [6.07, 6.45) is 2.43. The minimum atomic E-state index is -0.684. The highest BCUT2D eigenvalue weighted by atomic mass is 19.1. The van der Waals surface area contributed by atoms with Gasteiger partial charge in [-0.25, -0.2) is 14.1 Å². The van der Waals surface area contributed by atoms with Crippen LogP contribution in [0.5, 0.6) is 0 Å². The van der Waals surface area contributed by atoms with E-state index in [4.69, 9.17) is 0 Å². The number of fused-ring (bicyclic) bond motifs is 1. The van der Waals surface area contributed by atoms with Crippen molar-refractivity contribution < 1.29 is 14.3 Å². The summed E-state index contributed by atoms with van der Waals surface area (Å²) in [6, 6.07) is 2.52. The average Bonchev–Trinajstić information content (AvgIpc) is 3.13. The van der Waals surface area contributed by atoms with E-state index in [1.54, 1.807) is 22.7 Å². The lowest BCUT2D eigenvalue weighted by molar-refractivity contribution is 0.0499. The summed E-state index contributed by atoms with van der Waals surface area (Å²) in [4.78, 5) is 21.1. The van der Waals surface area contributed by atoms with E-state index in [1.165, 1.54) is 18.5 Å². The third-order valence-corrected chi connectivity index (χ3v) is 4.20. The van der Waals surface area contributed by atoms with Gasteiger partial charge in [-0.05, 0) is 19.1 Å². The standard InChI is InChI=1S/C15H15FN6O2/c1-8(23)13-6-22(20-19-13)10-4-21(5-10)15(24)11-2-9(16)3-12-14(11)18-7-17-12/h2-3,6-8,10,23H,4-5H2,1H3,(H,17,18). The summed E-state index contributed by atoms with van der Waals surface area (Å²) in [7, 11) is 0. The minimum Gasteiger partial charge on any atom is -0.387 e. The summed E-state index contributed by atoms with van der Waals surface area (Å²) in [5, 5.41) is 17.3. The second kappa shape index (κ2) is 5.38. The number of carbonyl (C=O) groups excluding carboxylic acids is 1. The fourth-order valence-electron chi connectivity index (χ4n) is 2.80. The number of hydrogen-bond donors (Lipinski definition) is 2. The van der Waals surface area contributed by atoms with E-state index < -0.39 is 11.9 Å². The Bertz CT molecular complexity index is 912. The maximum Gasteiger partial charge on any atom is 0.256 e. The molecule has 2 aromatic heterocycles. The monoisotopic (exact) mass is 330 g/mol. The number of rotatable bonds is 3. The van der Waals surface area contributed by atoms with Gasteiger partial charge >= 0.3 is 0 Å². The number of hydrogen-bond acceptors (Lipinski definition) is 5. The third-order valence-electron chi connectivity index (χ3n) is 4.20. The zero-order valence-electron chi connectivity index (χ0n) is 12.8. The molecule has 1 saturated heterocycles. The minimum absolute atomic E-state index is 0.00261. The SMILES string of the molecule is CC(O)c1cn(C2CN(C(=O)c3cc(F)cc4[nH]cnc34)C2)nn1. The van der Waals surface area contributed by atoms with Crippen molar-refractivity contribution in [1.29, 1.82) is 0 Å². The fraction of sp³-hybridized carbons (Fsp3) is 0.333. The first-order chi connectivity index (χ1) is 11.5. The molecule has 0 saturated carbocycles. The predicted molar refractivity (Wildman–Crippen MR) is 81.6 cm³/mol. The molecule has 0 radical (unpaired) electrons. The molecule has 1 amide bonds. The molecule has 0 spiro atoms. The van der Waals surface area contributed by atoms with Crippen molar-refractivity contribution in [2.45, 2.75) is 19.1 Å². The van der Waals surface area contributed by atoms with Crippen LogP contribution in [-0.2, 0) is 0 Å². The van der Waals surface area contributed by atoms with Gasteiger partial charge < -0.3 is 15.0 Å². The van der Waals surface area contributed by atoms with Crippen molar-refractivity contribution in [3.8, 4) is 0 Å². The van der Waals surface area contributed by atoms with Crippen LogP contribution in [0.2, 0.25) is 0 Å². The summed E-state index contributed by atoms with van der Waals surface area (Å²) >= 11 is 0. The maximum atomic E-state index is 13.7. The van der Waals surface area contributed by atoms with Crippen LogP contribution in [0.1, 0.15) is 35.1 Å². The molecule has 1 aliphatic rings. The second-order valence-corrected chi connectivity index (χ2v) is 5.92. The van der Waals surface area contributed by atoms with Gasteiger partial charge in [-0.2, -0.15) is 0 Å². The molecule has 1 fully saturated rings. The Kier molecular flexibility index (Phi) is 3.31. The van der Waals surface area contributed by atoms with Crippen LogP contribution in [-0.4, -0.2) is 54.0 Å². The van der Waals surface area contributed by atoms with Gasteiger partial charge in [-0.15, -0.1) is 5.10 Å². The van der Waals surface area contributed by atoms with Gasteiger partial charge in [0.2, 0.25) is 0 Å². The second-order valence-electron chi connectivity index (χ2n) is 5.92. The van der Waals surface area contributed by atoms with Gasteiger partial charge in [0.25, 0.3) is 5.91 Å². The molecule has 3 aromatic rings. The lowest BCUT2D eigenvalue weighted by Gasteiger charge is -2.38. The first-order valence-electron chi connectivity index (χ1n) is 7.54. The van der Waals surface area contributed by atoms with Crippen LogP contribution in [0.3, 0.4) is 0 Å². The molecule has 124 valence electrons. The summed E-state index contributed by atoms with van der Waals surface area (Å²) in [6.45, 7) is 2.51. The fourth-order valence-corrected chi connectivity index (χ4v) is 2.80. The largest absolute Gasteiger partial charge is 0.387 e. The van der Waals surface area contributed by atoms with Crippen molar-refractivity contribution in [2.24, 2.45) is 0 Å². The molecule has 3 heterocycles. The highest BCUT2D eigenvalue weighted by Gasteiger charge is 2.34. The topological polar surface area (TPSA) is 99.9 Å². The van der Waals surface area contributed by atoms with Crippen LogP contribution in [0.25, 0.3) is 11.0 Å². The number of H-pyrrole nitrogens is 1. The lowest BCUT2D eigenvalue weighted by atomic mass is 10.1. The summed E-state index contributed by atoms with van der Waals surface area (Å²) in [5.74, 6) is -0.747. The van der Waals surface area contributed by atoms with E-state index in [0.717, 1.165) is 0 Å². The molecule has 1 unspecified atom stereocenters.